The molecule has 9 heteroatoms. The highest BCUT2D eigenvalue weighted by atomic mass is 79.9. The van der Waals surface area contributed by atoms with Crippen LogP contribution in [0.25, 0.3) is 22.2 Å². The average molecular weight is 532 g/mol. The molecule has 0 bridgehead atoms. The fourth-order valence-electron chi connectivity index (χ4n) is 3.58. The number of H-pyrrole nitrogens is 1. The van der Waals surface area contributed by atoms with Crippen LogP contribution >= 0.6 is 27.3 Å². The first-order valence-electron chi connectivity index (χ1n) is 10.4. The van der Waals surface area contributed by atoms with Gasteiger partial charge in [0, 0.05) is 50.2 Å². The first kappa shape index (κ1) is 22.0. The Morgan fingerprint density at radius 3 is 2.76 bits per heavy atom. The highest BCUT2D eigenvalue weighted by molar-refractivity contribution is 9.10. The number of aromatic amines is 1. The topological polar surface area (TPSA) is 88.6 Å². The van der Waals surface area contributed by atoms with Crippen molar-refractivity contribution >= 4 is 50.1 Å². The largest absolute Gasteiger partial charge is 0.361 e. The fourth-order valence-corrected chi connectivity index (χ4v) is 4.78. The van der Waals surface area contributed by atoms with Gasteiger partial charge in [-0.1, -0.05) is 58.4 Å². The molecule has 1 N–H and O–H groups in total. The monoisotopic (exact) mass is 531 g/mol. The number of non-ortho nitro benzene ring substituents is 1. The molecular weight excluding hydrogens is 514 g/mol. The number of hydrogen-bond acceptors (Lipinski definition) is 5. The van der Waals surface area contributed by atoms with E-state index in [-0.39, 0.29) is 5.69 Å². The maximum Gasteiger partial charge on any atom is 0.270 e. The Morgan fingerprint density at radius 1 is 1.09 bits per heavy atom. The van der Waals surface area contributed by atoms with Crippen molar-refractivity contribution in [1.82, 2.24) is 9.66 Å². The van der Waals surface area contributed by atoms with E-state index in [1.165, 1.54) is 17.4 Å². The van der Waals surface area contributed by atoms with Gasteiger partial charge in [0.25, 0.3) is 5.69 Å². The van der Waals surface area contributed by atoms with E-state index < -0.39 is 4.92 Å². The zero-order valence-electron chi connectivity index (χ0n) is 17.8. The second kappa shape index (κ2) is 9.58. The number of aromatic nitrogens is 2. The Labute approximate surface area is 207 Å². The number of thiazole rings is 1. The third kappa shape index (κ3) is 4.61. The van der Waals surface area contributed by atoms with E-state index in [1.54, 1.807) is 23.0 Å². The molecule has 0 aliphatic heterocycles. The predicted octanol–water partition coefficient (Wildman–Crippen LogP) is 6.35. The Balaban J connectivity index is 1.61. The highest BCUT2D eigenvalue weighted by Crippen LogP contribution is 2.25. The van der Waals surface area contributed by atoms with Crippen molar-refractivity contribution < 1.29 is 4.92 Å². The maximum atomic E-state index is 11.3. The molecule has 2 heterocycles. The average Bonchev–Trinajstić information content (AvgIpc) is 3.45. The van der Waals surface area contributed by atoms with Crippen molar-refractivity contribution in [3.8, 4) is 11.3 Å². The first-order chi connectivity index (χ1) is 16.6. The number of benzene rings is 3. The van der Waals surface area contributed by atoms with Crippen LogP contribution in [-0.4, -0.2) is 20.8 Å². The van der Waals surface area contributed by atoms with E-state index in [0.717, 1.165) is 32.2 Å². The number of nitro benzene ring substituents is 1. The van der Waals surface area contributed by atoms with Crippen molar-refractivity contribution in [3.63, 3.8) is 0 Å². The molecule has 0 atom stereocenters. The van der Waals surface area contributed by atoms with Gasteiger partial charge in [0.1, 0.15) is 0 Å². The minimum Gasteiger partial charge on any atom is -0.361 e. The van der Waals surface area contributed by atoms with E-state index in [2.05, 4.69) is 20.9 Å². The molecule has 34 heavy (non-hydrogen) atoms. The van der Waals surface area contributed by atoms with Gasteiger partial charge in [-0.3, -0.25) is 15.1 Å². The minimum atomic E-state index is -0.395. The number of halogens is 1. The first-order valence-corrected chi connectivity index (χ1v) is 12.1. The van der Waals surface area contributed by atoms with E-state index in [1.807, 2.05) is 66.2 Å². The molecule has 0 fully saturated rings. The second-order valence-corrected chi connectivity index (χ2v) is 9.26. The molecule has 0 aliphatic rings. The second-order valence-electron chi connectivity index (χ2n) is 7.50. The van der Waals surface area contributed by atoms with Gasteiger partial charge in [0.05, 0.1) is 23.4 Å². The van der Waals surface area contributed by atoms with Crippen LogP contribution in [0.2, 0.25) is 0 Å². The Hall–Kier alpha value is -3.82. The van der Waals surface area contributed by atoms with Gasteiger partial charge in [0.2, 0.25) is 4.80 Å². The lowest BCUT2D eigenvalue weighted by atomic mass is 10.1. The van der Waals surface area contributed by atoms with Crippen molar-refractivity contribution in [1.29, 1.82) is 0 Å². The quantitative estimate of drug-likeness (QED) is 0.157. The molecule has 0 saturated carbocycles. The van der Waals surface area contributed by atoms with Crippen LogP contribution in [0.5, 0.6) is 0 Å². The Kier molecular flexibility index (Phi) is 6.20. The molecule has 168 valence electrons. The van der Waals surface area contributed by atoms with Gasteiger partial charge in [-0.2, -0.15) is 5.10 Å². The van der Waals surface area contributed by atoms with Gasteiger partial charge >= 0.3 is 0 Å². The van der Waals surface area contributed by atoms with Crippen LogP contribution in [0.1, 0.15) is 11.1 Å². The van der Waals surface area contributed by atoms with Crippen LogP contribution in [0.4, 0.5) is 5.69 Å². The van der Waals surface area contributed by atoms with Gasteiger partial charge in [-0.15, -0.1) is 11.3 Å². The number of rotatable bonds is 6. The summed E-state index contributed by atoms with van der Waals surface area (Å²) < 4.78 is 2.72. The zero-order valence-corrected chi connectivity index (χ0v) is 20.2. The van der Waals surface area contributed by atoms with Gasteiger partial charge in [-0.05, 0) is 23.8 Å². The summed E-state index contributed by atoms with van der Waals surface area (Å²) in [7, 11) is 0. The highest BCUT2D eigenvalue weighted by Gasteiger charge is 2.12. The number of nitrogens with zero attached hydrogens (tertiary/aromatic N) is 4. The lowest BCUT2D eigenvalue weighted by molar-refractivity contribution is -0.384. The van der Waals surface area contributed by atoms with Crippen LogP contribution in [0, 0.1) is 10.1 Å². The van der Waals surface area contributed by atoms with Crippen LogP contribution in [0.3, 0.4) is 0 Å². The summed E-state index contributed by atoms with van der Waals surface area (Å²) in [6.07, 6.45) is 3.68. The fraction of sp³-hybridized carbons (Fsp3) is 0.0400. The summed E-state index contributed by atoms with van der Waals surface area (Å²) in [6, 6.07) is 22.6. The SMILES string of the molecule is O=[N+]([O-])c1cccc(-c2csc(=NCc3ccccc3)n2N=Cc2c[nH]c3ccc(Br)cc23)c1. The van der Waals surface area contributed by atoms with Crippen molar-refractivity contribution in [2.75, 3.05) is 0 Å². The molecule has 2 aromatic heterocycles. The summed E-state index contributed by atoms with van der Waals surface area (Å²) in [5.74, 6) is 0. The number of fused-ring (bicyclic) bond motifs is 1. The van der Waals surface area contributed by atoms with E-state index >= 15 is 0 Å². The smallest absolute Gasteiger partial charge is 0.270 e. The molecule has 3 aromatic carbocycles. The number of nitrogens with one attached hydrogen (secondary N) is 1. The molecule has 7 nitrogen and oxygen atoms in total. The van der Waals surface area contributed by atoms with Gasteiger partial charge in [-0.25, -0.2) is 4.68 Å². The standard InChI is InChI=1S/C25H18BrN5O2S/c26-20-9-10-23-22(12-20)19(14-27-23)15-29-30-24(18-7-4-8-21(11-18)31(32)33)16-34-25(30)28-13-17-5-2-1-3-6-17/h1-12,14-16,27H,13H2. The molecule has 5 rings (SSSR count). The van der Waals surface area contributed by atoms with E-state index in [0.29, 0.717) is 16.9 Å². The number of hydrogen-bond donors (Lipinski definition) is 1. The summed E-state index contributed by atoms with van der Waals surface area (Å²) in [5, 5.41) is 19.0. The summed E-state index contributed by atoms with van der Waals surface area (Å²) in [5.41, 5.74) is 4.48. The molecule has 0 unspecified atom stereocenters. The lowest BCUT2D eigenvalue weighted by Gasteiger charge is -2.04. The van der Waals surface area contributed by atoms with Crippen LogP contribution in [0.15, 0.2) is 98.9 Å². The minimum absolute atomic E-state index is 0.0310. The molecule has 0 amide bonds. The maximum absolute atomic E-state index is 11.3. The van der Waals surface area contributed by atoms with Gasteiger partial charge in [0.15, 0.2) is 0 Å². The van der Waals surface area contributed by atoms with Crippen LogP contribution < -0.4 is 4.80 Å². The van der Waals surface area contributed by atoms with E-state index in [4.69, 9.17) is 10.1 Å². The molecule has 0 aliphatic carbocycles. The Morgan fingerprint density at radius 2 is 1.94 bits per heavy atom. The van der Waals surface area contributed by atoms with Crippen LogP contribution in [-0.2, 0) is 6.54 Å². The molecule has 0 radical (unpaired) electrons. The Bertz CT molecular complexity index is 1580. The van der Waals surface area contributed by atoms with Crippen molar-refractivity contribution in [2.24, 2.45) is 10.1 Å². The van der Waals surface area contributed by atoms with Gasteiger partial charge < -0.3 is 4.98 Å². The summed E-state index contributed by atoms with van der Waals surface area (Å²) in [6.45, 7) is 0.505. The van der Waals surface area contributed by atoms with E-state index in [9.17, 15) is 10.1 Å². The zero-order chi connectivity index (χ0) is 23.5. The molecule has 5 aromatic rings. The van der Waals surface area contributed by atoms with Crippen molar-refractivity contribution in [2.45, 2.75) is 6.54 Å². The normalized spacial score (nSPS) is 12.1. The molecule has 0 spiro atoms. The lowest BCUT2D eigenvalue weighted by Crippen LogP contribution is -2.12. The summed E-state index contributed by atoms with van der Waals surface area (Å²) >= 11 is 4.97. The third-order valence-electron chi connectivity index (χ3n) is 5.27. The third-order valence-corrected chi connectivity index (χ3v) is 6.61. The summed E-state index contributed by atoms with van der Waals surface area (Å²) in [4.78, 5) is 19.6. The molecular formula is C25H18BrN5O2S. The molecule has 0 saturated heterocycles. The predicted molar refractivity (Wildman–Crippen MR) is 139 cm³/mol. The number of nitro groups is 1. The van der Waals surface area contributed by atoms with Crippen molar-refractivity contribution in [3.05, 3.63) is 115 Å².